The molecule has 0 amide bonds. The number of hydrogen-bond donors (Lipinski definition) is 1. The average molecular weight is 193 g/mol. The minimum atomic E-state index is -0.495. The van der Waals surface area contributed by atoms with Crippen molar-refractivity contribution in [2.24, 2.45) is 7.05 Å². The molecule has 2 aromatic rings. The Bertz CT molecular complexity index is 447. The van der Waals surface area contributed by atoms with Gasteiger partial charge in [0.15, 0.2) is 0 Å². The maximum atomic E-state index is 12.9. The number of nitrogens with zero attached hydrogens (tertiary/aromatic N) is 3. The standard InChI is InChI=1S/C9H8FN3O/c1-13-5-9(11-12-13)6-2-7(10)4-8(14)3-6/h2-5,14H,1H3. The van der Waals surface area contributed by atoms with Crippen LogP contribution < -0.4 is 0 Å². The summed E-state index contributed by atoms with van der Waals surface area (Å²) in [5.74, 6) is -0.615. The number of hydrogen-bond acceptors (Lipinski definition) is 3. The predicted octanol–water partition coefficient (Wildman–Crippen LogP) is 1.33. The zero-order valence-corrected chi connectivity index (χ0v) is 7.48. The van der Waals surface area contributed by atoms with Crippen molar-refractivity contribution in [1.82, 2.24) is 15.0 Å². The van der Waals surface area contributed by atoms with Crippen molar-refractivity contribution in [2.75, 3.05) is 0 Å². The zero-order chi connectivity index (χ0) is 10.1. The van der Waals surface area contributed by atoms with Gasteiger partial charge in [0, 0.05) is 18.7 Å². The Balaban J connectivity index is 2.51. The molecule has 4 nitrogen and oxygen atoms in total. The normalized spacial score (nSPS) is 10.4. The zero-order valence-electron chi connectivity index (χ0n) is 7.48. The molecule has 0 radical (unpaired) electrons. The van der Waals surface area contributed by atoms with Crippen LogP contribution in [0.5, 0.6) is 5.75 Å². The first-order chi connectivity index (χ1) is 6.65. The monoisotopic (exact) mass is 193 g/mol. The van der Waals surface area contributed by atoms with Crippen LogP contribution in [0.3, 0.4) is 0 Å². The lowest BCUT2D eigenvalue weighted by Crippen LogP contribution is -1.85. The summed E-state index contributed by atoms with van der Waals surface area (Å²) in [6.45, 7) is 0. The number of benzene rings is 1. The van der Waals surface area contributed by atoms with E-state index in [1.165, 1.54) is 16.8 Å². The largest absolute Gasteiger partial charge is 0.508 e. The Morgan fingerprint density at radius 2 is 2.14 bits per heavy atom. The fraction of sp³-hybridized carbons (Fsp3) is 0.111. The van der Waals surface area contributed by atoms with Gasteiger partial charge in [-0.15, -0.1) is 5.10 Å². The van der Waals surface area contributed by atoms with Gasteiger partial charge in [0.05, 0.1) is 6.20 Å². The van der Waals surface area contributed by atoms with E-state index in [2.05, 4.69) is 10.3 Å². The minimum Gasteiger partial charge on any atom is -0.508 e. The van der Waals surface area contributed by atoms with Crippen LogP contribution in [0.25, 0.3) is 11.3 Å². The predicted molar refractivity (Wildman–Crippen MR) is 48.1 cm³/mol. The lowest BCUT2D eigenvalue weighted by molar-refractivity contribution is 0.469. The fourth-order valence-electron chi connectivity index (χ4n) is 1.20. The highest BCUT2D eigenvalue weighted by molar-refractivity contribution is 5.59. The smallest absolute Gasteiger partial charge is 0.127 e. The van der Waals surface area contributed by atoms with E-state index in [4.69, 9.17) is 5.11 Å². The van der Waals surface area contributed by atoms with Crippen LogP contribution in [-0.4, -0.2) is 20.1 Å². The van der Waals surface area contributed by atoms with Crippen LogP contribution >= 0.6 is 0 Å². The van der Waals surface area contributed by atoms with E-state index in [-0.39, 0.29) is 5.75 Å². The molecule has 5 heteroatoms. The third-order valence-corrected chi connectivity index (χ3v) is 1.78. The van der Waals surface area contributed by atoms with E-state index in [0.29, 0.717) is 11.3 Å². The van der Waals surface area contributed by atoms with Gasteiger partial charge < -0.3 is 5.11 Å². The van der Waals surface area contributed by atoms with E-state index in [1.54, 1.807) is 13.2 Å². The van der Waals surface area contributed by atoms with Crippen LogP contribution in [0.2, 0.25) is 0 Å². The van der Waals surface area contributed by atoms with E-state index in [1.807, 2.05) is 0 Å². The molecule has 0 unspecified atom stereocenters. The Labute approximate surface area is 79.6 Å². The molecular formula is C9H8FN3O. The van der Waals surface area contributed by atoms with Gasteiger partial charge >= 0.3 is 0 Å². The molecule has 1 N–H and O–H groups in total. The molecule has 1 aromatic heterocycles. The van der Waals surface area contributed by atoms with Gasteiger partial charge in [-0.1, -0.05) is 5.21 Å². The van der Waals surface area contributed by atoms with E-state index >= 15 is 0 Å². The van der Waals surface area contributed by atoms with Gasteiger partial charge in [-0.3, -0.25) is 4.68 Å². The van der Waals surface area contributed by atoms with Crippen LogP contribution in [0.1, 0.15) is 0 Å². The SMILES string of the molecule is Cn1cc(-c2cc(O)cc(F)c2)nn1. The van der Waals surface area contributed by atoms with Crippen LogP contribution in [0, 0.1) is 5.82 Å². The maximum Gasteiger partial charge on any atom is 0.127 e. The summed E-state index contributed by atoms with van der Waals surface area (Å²) in [5.41, 5.74) is 1.04. The highest BCUT2D eigenvalue weighted by Gasteiger charge is 2.05. The van der Waals surface area contributed by atoms with Crippen molar-refractivity contribution in [3.8, 4) is 17.0 Å². The third kappa shape index (κ3) is 1.56. The summed E-state index contributed by atoms with van der Waals surface area (Å²) in [4.78, 5) is 0. The van der Waals surface area contributed by atoms with Crippen molar-refractivity contribution >= 4 is 0 Å². The van der Waals surface area contributed by atoms with Crippen molar-refractivity contribution in [2.45, 2.75) is 0 Å². The molecule has 14 heavy (non-hydrogen) atoms. The number of rotatable bonds is 1. The molecule has 1 heterocycles. The number of phenols is 1. The van der Waals surface area contributed by atoms with Gasteiger partial charge in [0.1, 0.15) is 17.3 Å². The molecule has 2 rings (SSSR count). The summed E-state index contributed by atoms with van der Waals surface area (Å²) >= 11 is 0. The quantitative estimate of drug-likeness (QED) is 0.743. The first-order valence-corrected chi connectivity index (χ1v) is 4.01. The molecule has 1 aromatic carbocycles. The van der Waals surface area contributed by atoms with Gasteiger partial charge in [-0.25, -0.2) is 4.39 Å². The fourth-order valence-corrected chi connectivity index (χ4v) is 1.20. The number of phenolic OH excluding ortho intramolecular Hbond substituents is 1. The van der Waals surface area contributed by atoms with Crippen LogP contribution in [0.15, 0.2) is 24.4 Å². The molecule has 0 saturated carbocycles. The summed E-state index contributed by atoms with van der Waals surface area (Å²) in [7, 11) is 1.72. The molecule has 0 aliphatic heterocycles. The van der Waals surface area contributed by atoms with E-state index < -0.39 is 5.82 Å². The van der Waals surface area contributed by atoms with E-state index in [9.17, 15) is 4.39 Å². The average Bonchev–Trinajstić information content (AvgIpc) is 2.50. The van der Waals surface area contributed by atoms with E-state index in [0.717, 1.165) is 6.07 Å². The van der Waals surface area contributed by atoms with Gasteiger partial charge in [0.25, 0.3) is 0 Å². The van der Waals surface area contributed by atoms with Crippen molar-refractivity contribution < 1.29 is 9.50 Å². The molecular weight excluding hydrogens is 185 g/mol. The summed E-state index contributed by atoms with van der Waals surface area (Å²) in [6.07, 6.45) is 1.65. The first-order valence-electron chi connectivity index (χ1n) is 4.01. The second kappa shape index (κ2) is 3.10. The highest BCUT2D eigenvalue weighted by Crippen LogP contribution is 2.22. The Morgan fingerprint density at radius 3 is 2.71 bits per heavy atom. The first kappa shape index (κ1) is 8.68. The summed E-state index contributed by atoms with van der Waals surface area (Å²) < 4.78 is 14.4. The van der Waals surface area contributed by atoms with Crippen molar-refractivity contribution in [3.05, 3.63) is 30.2 Å². The second-order valence-electron chi connectivity index (χ2n) is 2.98. The molecule has 0 atom stereocenters. The third-order valence-electron chi connectivity index (χ3n) is 1.78. The second-order valence-corrected chi connectivity index (χ2v) is 2.98. The van der Waals surface area contributed by atoms with Crippen LogP contribution in [-0.2, 0) is 7.05 Å². The Morgan fingerprint density at radius 1 is 1.36 bits per heavy atom. The highest BCUT2D eigenvalue weighted by atomic mass is 19.1. The molecule has 0 aliphatic rings. The molecule has 0 bridgehead atoms. The number of aromatic nitrogens is 3. The number of aromatic hydroxyl groups is 1. The summed E-state index contributed by atoms with van der Waals surface area (Å²) in [6, 6.07) is 3.77. The van der Waals surface area contributed by atoms with Gasteiger partial charge in [0.2, 0.25) is 0 Å². The Hall–Kier alpha value is -1.91. The van der Waals surface area contributed by atoms with Crippen molar-refractivity contribution in [3.63, 3.8) is 0 Å². The summed E-state index contributed by atoms with van der Waals surface area (Å²) in [5, 5.41) is 16.7. The van der Waals surface area contributed by atoms with Gasteiger partial charge in [-0.05, 0) is 12.1 Å². The maximum absolute atomic E-state index is 12.9. The lowest BCUT2D eigenvalue weighted by atomic mass is 10.1. The molecule has 0 spiro atoms. The van der Waals surface area contributed by atoms with Crippen molar-refractivity contribution in [1.29, 1.82) is 0 Å². The number of halogens is 1. The topological polar surface area (TPSA) is 50.9 Å². The minimum absolute atomic E-state index is 0.120. The molecule has 0 saturated heterocycles. The Kier molecular flexibility index (Phi) is 1.92. The molecule has 72 valence electrons. The molecule has 0 fully saturated rings. The van der Waals surface area contributed by atoms with Crippen LogP contribution in [0.4, 0.5) is 4.39 Å². The lowest BCUT2D eigenvalue weighted by Gasteiger charge is -1.97. The molecule has 0 aliphatic carbocycles. The van der Waals surface area contributed by atoms with Gasteiger partial charge in [-0.2, -0.15) is 0 Å². The number of aryl methyl sites for hydroxylation is 1.